The van der Waals surface area contributed by atoms with Gasteiger partial charge in [-0.05, 0) is 31.6 Å². The lowest BCUT2D eigenvalue weighted by molar-refractivity contribution is 0.672. The van der Waals surface area contributed by atoms with E-state index in [4.69, 9.17) is 0 Å². The van der Waals surface area contributed by atoms with E-state index in [1.165, 1.54) is 12.2 Å². The van der Waals surface area contributed by atoms with Crippen molar-refractivity contribution in [2.45, 2.75) is 13.8 Å². The van der Waals surface area contributed by atoms with Gasteiger partial charge in [0.1, 0.15) is 5.83 Å². The molecule has 0 aliphatic heterocycles. The fourth-order valence-electron chi connectivity index (χ4n) is 1.03. The standard InChI is InChI=1S/C12H13F/c1-10(2)8-12(13)9-11-6-4-3-5-7-11/h3-9H,1-2H3/b12-9-. The first-order valence-electron chi connectivity index (χ1n) is 4.25. The smallest absolute Gasteiger partial charge is 0.123 e. The van der Waals surface area contributed by atoms with Crippen LogP contribution in [0.2, 0.25) is 0 Å². The molecule has 0 aliphatic carbocycles. The van der Waals surface area contributed by atoms with Gasteiger partial charge in [-0.25, -0.2) is 4.39 Å². The summed E-state index contributed by atoms with van der Waals surface area (Å²) in [5.41, 5.74) is 1.85. The first-order valence-corrected chi connectivity index (χ1v) is 4.25. The molecule has 0 N–H and O–H groups in total. The van der Waals surface area contributed by atoms with Crippen molar-refractivity contribution in [1.82, 2.24) is 0 Å². The first kappa shape index (κ1) is 9.72. The van der Waals surface area contributed by atoms with E-state index >= 15 is 0 Å². The molecule has 0 saturated heterocycles. The summed E-state index contributed by atoms with van der Waals surface area (Å²) >= 11 is 0. The Labute approximate surface area is 78.4 Å². The van der Waals surface area contributed by atoms with Crippen LogP contribution in [-0.4, -0.2) is 0 Å². The molecule has 0 aliphatic rings. The topological polar surface area (TPSA) is 0 Å². The van der Waals surface area contributed by atoms with Crippen molar-refractivity contribution < 1.29 is 4.39 Å². The highest BCUT2D eigenvalue weighted by Gasteiger charge is 1.90. The molecule has 13 heavy (non-hydrogen) atoms. The molecule has 0 saturated carbocycles. The van der Waals surface area contributed by atoms with Gasteiger partial charge in [0.15, 0.2) is 0 Å². The third-order valence-corrected chi connectivity index (χ3v) is 1.53. The molecule has 0 amide bonds. The average Bonchev–Trinajstić information content (AvgIpc) is 2.04. The highest BCUT2D eigenvalue weighted by Crippen LogP contribution is 2.10. The van der Waals surface area contributed by atoms with Crippen molar-refractivity contribution >= 4 is 6.08 Å². The van der Waals surface area contributed by atoms with Gasteiger partial charge in [0.05, 0.1) is 0 Å². The van der Waals surface area contributed by atoms with Crippen molar-refractivity contribution in [1.29, 1.82) is 0 Å². The van der Waals surface area contributed by atoms with Crippen molar-refractivity contribution in [2.75, 3.05) is 0 Å². The zero-order valence-electron chi connectivity index (χ0n) is 7.92. The van der Waals surface area contributed by atoms with Gasteiger partial charge in [0.2, 0.25) is 0 Å². The molecule has 0 aromatic heterocycles. The SMILES string of the molecule is CC(C)=C/C(F)=C/c1ccccc1. The molecule has 0 atom stereocenters. The molecule has 1 rings (SSSR count). The van der Waals surface area contributed by atoms with Gasteiger partial charge in [0, 0.05) is 0 Å². The van der Waals surface area contributed by atoms with E-state index in [0.717, 1.165) is 11.1 Å². The van der Waals surface area contributed by atoms with Crippen LogP contribution in [0.25, 0.3) is 6.08 Å². The summed E-state index contributed by atoms with van der Waals surface area (Å²) in [6.07, 6.45) is 3.04. The van der Waals surface area contributed by atoms with Crippen molar-refractivity contribution in [3.05, 3.63) is 53.4 Å². The van der Waals surface area contributed by atoms with Crippen LogP contribution in [-0.2, 0) is 0 Å². The summed E-state index contributed by atoms with van der Waals surface area (Å²) < 4.78 is 13.1. The number of allylic oxidation sites excluding steroid dienone is 3. The Bertz CT molecular complexity index is 316. The van der Waals surface area contributed by atoms with E-state index in [1.54, 1.807) is 0 Å². The van der Waals surface area contributed by atoms with Gasteiger partial charge in [-0.15, -0.1) is 0 Å². The zero-order chi connectivity index (χ0) is 9.68. The normalized spacial score (nSPS) is 11.2. The van der Waals surface area contributed by atoms with E-state index in [9.17, 15) is 4.39 Å². The molecule has 68 valence electrons. The molecule has 0 heterocycles. The average molecular weight is 176 g/mol. The summed E-state index contributed by atoms with van der Waals surface area (Å²) in [6, 6.07) is 9.44. The molecule has 0 unspecified atom stereocenters. The second-order valence-corrected chi connectivity index (χ2v) is 3.16. The highest BCUT2D eigenvalue weighted by molar-refractivity contribution is 5.53. The number of rotatable bonds is 2. The Balaban J connectivity index is 2.83. The van der Waals surface area contributed by atoms with E-state index in [1.807, 2.05) is 44.2 Å². The lowest BCUT2D eigenvalue weighted by atomic mass is 10.2. The second-order valence-electron chi connectivity index (χ2n) is 3.16. The molecule has 0 nitrogen and oxygen atoms in total. The lowest BCUT2D eigenvalue weighted by Gasteiger charge is -1.92. The predicted octanol–water partition coefficient (Wildman–Crippen LogP) is 3.96. The van der Waals surface area contributed by atoms with Crippen LogP contribution in [0.5, 0.6) is 0 Å². The summed E-state index contributed by atoms with van der Waals surface area (Å²) in [5.74, 6) is -0.203. The summed E-state index contributed by atoms with van der Waals surface area (Å²) in [5, 5.41) is 0. The Morgan fingerprint density at radius 2 is 1.77 bits per heavy atom. The monoisotopic (exact) mass is 176 g/mol. The summed E-state index contributed by atoms with van der Waals surface area (Å²) in [6.45, 7) is 3.75. The minimum atomic E-state index is -0.203. The molecule has 1 aromatic rings. The van der Waals surface area contributed by atoms with Crippen LogP contribution in [0.1, 0.15) is 19.4 Å². The minimum absolute atomic E-state index is 0.203. The van der Waals surface area contributed by atoms with Crippen LogP contribution < -0.4 is 0 Å². The molecule has 0 spiro atoms. The van der Waals surface area contributed by atoms with E-state index < -0.39 is 0 Å². The molecular weight excluding hydrogens is 163 g/mol. The number of hydrogen-bond donors (Lipinski definition) is 0. The van der Waals surface area contributed by atoms with E-state index in [0.29, 0.717) is 0 Å². The molecule has 0 radical (unpaired) electrons. The van der Waals surface area contributed by atoms with Gasteiger partial charge < -0.3 is 0 Å². The van der Waals surface area contributed by atoms with Gasteiger partial charge >= 0.3 is 0 Å². The second kappa shape index (κ2) is 4.61. The van der Waals surface area contributed by atoms with Gasteiger partial charge in [-0.3, -0.25) is 0 Å². The third-order valence-electron chi connectivity index (χ3n) is 1.53. The fourth-order valence-corrected chi connectivity index (χ4v) is 1.03. The van der Waals surface area contributed by atoms with Gasteiger partial charge in [-0.2, -0.15) is 0 Å². The Kier molecular flexibility index (Phi) is 3.44. The maximum atomic E-state index is 13.1. The predicted molar refractivity (Wildman–Crippen MR) is 55.0 cm³/mol. The Morgan fingerprint density at radius 1 is 1.15 bits per heavy atom. The maximum Gasteiger partial charge on any atom is 0.123 e. The minimum Gasteiger partial charge on any atom is -0.207 e. The Hall–Kier alpha value is -1.37. The van der Waals surface area contributed by atoms with Gasteiger partial charge in [-0.1, -0.05) is 35.9 Å². The highest BCUT2D eigenvalue weighted by atomic mass is 19.1. The molecule has 1 heteroatoms. The summed E-state index contributed by atoms with van der Waals surface area (Å²) in [4.78, 5) is 0. The molecular formula is C12H13F. The zero-order valence-corrected chi connectivity index (χ0v) is 7.92. The molecule has 0 bridgehead atoms. The van der Waals surface area contributed by atoms with Crippen LogP contribution in [0.4, 0.5) is 4.39 Å². The molecule has 1 aromatic carbocycles. The number of halogens is 1. The lowest BCUT2D eigenvalue weighted by Crippen LogP contribution is -1.72. The van der Waals surface area contributed by atoms with Crippen molar-refractivity contribution in [2.24, 2.45) is 0 Å². The van der Waals surface area contributed by atoms with Gasteiger partial charge in [0.25, 0.3) is 0 Å². The van der Waals surface area contributed by atoms with Crippen LogP contribution in [0.15, 0.2) is 47.8 Å². The van der Waals surface area contributed by atoms with Crippen LogP contribution >= 0.6 is 0 Å². The number of hydrogen-bond acceptors (Lipinski definition) is 0. The van der Waals surface area contributed by atoms with Crippen molar-refractivity contribution in [3.63, 3.8) is 0 Å². The fraction of sp³-hybridized carbons (Fsp3) is 0.167. The maximum absolute atomic E-state index is 13.1. The van der Waals surface area contributed by atoms with E-state index in [-0.39, 0.29) is 5.83 Å². The first-order chi connectivity index (χ1) is 6.18. The Morgan fingerprint density at radius 3 is 2.31 bits per heavy atom. The largest absolute Gasteiger partial charge is 0.207 e. The van der Waals surface area contributed by atoms with Crippen LogP contribution in [0.3, 0.4) is 0 Å². The van der Waals surface area contributed by atoms with Crippen molar-refractivity contribution in [3.8, 4) is 0 Å². The third kappa shape index (κ3) is 3.70. The summed E-state index contributed by atoms with van der Waals surface area (Å²) in [7, 11) is 0. The quantitative estimate of drug-likeness (QED) is 0.598. The number of benzene rings is 1. The molecule has 0 fully saturated rings. The van der Waals surface area contributed by atoms with E-state index in [2.05, 4.69) is 0 Å². The van der Waals surface area contributed by atoms with Crippen LogP contribution in [0, 0.1) is 0 Å².